The van der Waals surface area contributed by atoms with Crippen LogP contribution in [0.15, 0.2) is 89.3 Å². The van der Waals surface area contributed by atoms with Crippen LogP contribution < -0.4 is 16.2 Å². The largest absolute Gasteiger partial charge is 0.416 e. The van der Waals surface area contributed by atoms with Gasteiger partial charge in [-0.2, -0.15) is 13.2 Å². The third-order valence-corrected chi connectivity index (χ3v) is 6.29. The molecular weight excluding hydrogens is 384 g/mol. The lowest BCUT2D eigenvalue weighted by Gasteiger charge is -2.14. The zero-order valence-corrected chi connectivity index (χ0v) is 15.4. The van der Waals surface area contributed by atoms with E-state index in [1.165, 1.54) is 12.1 Å². The van der Waals surface area contributed by atoms with E-state index in [9.17, 15) is 13.2 Å². The van der Waals surface area contributed by atoms with Gasteiger partial charge in [-0.15, -0.1) is 10.2 Å². The van der Waals surface area contributed by atoms with Crippen LogP contribution in [0.25, 0.3) is 11.5 Å². The minimum Gasteiger partial charge on any atom is -0.416 e. The summed E-state index contributed by atoms with van der Waals surface area (Å²) >= 11 is 0. The molecule has 0 saturated carbocycles. The molecule has 0 atom stereocenters. The molecule has 4 rings (SSSR count). The van der Waals surface area contributed by atoms with Crippen LogP contribution in [0.2, 0.25) is 0 Å². The smallest absolute Gasteiger partial charge is 0.416 e. The van der Waals surface area contributed by atoms with Crippen molar-refractivity contribution in [3.8, 4) is 11.5 Å². The molecular formula is C21H14F3N2OP. The van der Waals surface area contributed by atoms with Crippen molar-refractivity contribution in [2.45, 2.75) is 6.18 Å². The summed E-state index contributed by atoms with van der Waals surface area (Å²) < 4.78 is 44.2. The van der Waals surface area contributed by atoms with Gasteiger partial charge >= 0.3 is 6.18 Å². The molecule has 0 radical (unpaired) electrons. The second kappa shape index (κ2) is 7.56. The first kappa shape index (κ1) is 18.4. The molecule has 0 unspecified atom stereocenters. The van der Waals surface area contributed by atoms with Gasteiger partial charge in [-0.3, -0.25) is 0 Å². The lowest BCUT2D eigenvalue weighted by Crippen LogP contribution is -2.21. The van der Waals surface area contributed by atoms with E-state index >= 15 is 0 Å². The van der Waals surface area contributed by atoms with E-state index in [1.807, 2.05) is 60.7 Å². The number of alkyl halides is 3. The van der Waals surface area contributed by atoms with Crippen LogP contribution >= 0.6 is 7.92 Å². The fraction of sp³-hybridized carbons (Fsp3) is 0.0476. The van der Waals surface area contributed by atoms with Crippen LogP contribution in [0.5, 0.6) is 0 Å². The predicted molar refractivity (Wildman–Crippen MR) is 103 cm³/mol. The van der Waals surface area contributed by atoms with Crippen molar-refractivity contribution in [3.63, 3.8) is 0 Å². The molecule has 0 aliphatic rings. The van der Waals surface area contributed by atoms with Crippen LogP contribution in [0.1, 0.15) is 5.56 Å². The van der Waals surface area contributed by atoms with Crippen LogP contribution in [-0.4, -0.2) is 10.2 Å². The Morgan fingerprint density at radius 2 is 1.21 bits per heavy atom. The summed E-state index contributed by atoms with van der Waals surface area (Å²) in [5.41, 5.74) is 0.178. The maximum Gasteiger partial charge on any atom is 0.416 e. The minimum atomic E-state index is -4.38. The molecule has 7 heteroatoms. The third kappa shape index (κ3) is 3.82. The number of hydrogen-bond acceptors (Lipinski definition) is 3. The Kier molecular flexibility index (Phi) is 4.97. The predicted octanol–water partition coefficient (Wildman–Crippen LogP) is 4.51. The van der Waals surface area contributed by atoms with Crippen LogP contribution in [0, 0.1) is 0 Å². The Morgan fingerprint density at radius 3 is 1.71 bits per heavy atom. The maximum atomic E-state index is 12.8. The summed E-state index contributed by atoms with van der Waals surface area (Å²) in [5, 5.41) is 10.4. The highest BCUT2D eigenvalue weighted by Gasteiger charge is 2.30. The van der Waals surface area contributed by atoms with Gasteiger partial charge in [-0.25, -0.2) is 0 Å². The SMILES string of the molecule is FC(F)(F)c1ccc(-c2nnc(P(c3ccccc3)c3ccccc3)o2)cc1. The third-order valence-electron chi connectivity index (χ3n) is 4.09. The van der Waals surface area contributed by atoms with Crippen molar-refractivity contribution >= 4 is 24.2 Å². The summed E-state index contributed by atoms with van der Waals surface area (Å²) in [6.07, 6.45) is -4.38. The Morgan fingerprint density at radius 1 is 0.679 bits per heavy atom. The molecule has 3 nitrogen and oxygen atoms in total. The zero-order valence-electron chi connectivity index (χ0n) is 14.5. The lowest BCUT2D eigenvalue weighted by molar-refractivity contribution is -0.137. The molecule has 0 saturated heterocycles. The standard InChI is InChI=1S/C21H14F3N2OP/c22-21(23,24)16-13-11-15(12-14-16)19-25-26-20(27-19)28(17-7-3-1-4-8-17)18-9-5-2-6-10-18/h1-14H. The molecule has 0 aliphatic carbocycles. The number of aromatic nitrogens is 2. The monoisotopic (exact) mass is 398 g/mol. The minimum absolute atomic E-state index is 0.197. The van der Waals surface area contributed by atoms with Crippen LogP contribution in [-0.2, 0) is 6.18 Å². The zero-order chi connectivity index (χ0) is 19.6. The first-order chi connectivity index (χ1) is 13.5. The topological polar surface area (TPSA) is 38.9 Å². The van der Waals surface area contributed by atoms with E-state index in [0.717, 1.165) is 22.7 Å². The highest BCUT2D eigenvalue weighted by atomic mass is 31.1. The van der Waals surface area contributed by atoms with E-state index in [2.05, 4.69) is 10.2 Å². The molecule has 0 fully saturated rings. The van der Waals surface area contributed by atoms with E-state index in [0.29, 0.717) is 11.2 Å². The summed E-state index contributed by atoms with van der Waals surface area (Å²) in [5.74, 6) is 0.197. The molecule has 0 aliphatic heterocycles. The van der Waals surface area contributed by atoms with E-state index in [4.69, 9.17) is 4.42 Å². The van der Waals surface area contributed by atoms with Gasteiger partial charge in [0.05, 0.1) is 5.56 Å². The van der Waals surface area contributed by atoms with Crippen molar-refractivity contribution in [2.24, 2.45) is 0 Å². The molecule has 28 heavy (non-hydrogen) atoms. The summed E-state index contributed by atoms with van der Waals surface area (Å²) in [4.78, 5) is 0. The van der Waals surface area contributed by atoms with E-state index < -0.39 is 19.7 Å². The van der Waals surface area contributed by atoms with E-state index in [-0.39, 0.29) is 5.89 Å². The van der Waals surface area contributed by atoms with Crippen LogP contribution in [0.3, 0.4) is 0 Å². The van der Waals surface area contributed by atoms with Crippen molar-refractivity contribution in [2.75, 3.05) is 0 Å². The average Bonchev–Trinajstić information content (AvgIpc) is 3.19. The number of hydrogen-bond donors (Lipinski definition) is 0. The molecule has 0 N–H and O–H groups in total. The van der Waals surface area contributed by atoms with Gasteiger partial charge in [0.25, 0.3) is 0 Å². The molecule has 1 heterocycles. The second-order valence-corrected chi connectivity index (χ2v) is 8.06. The molecule has 1 aromatic heterocycles. The first-order valence-electron chi connectivity index (χ1n) is 8.44. The van der Waals surface area contributed by atoms with Crippen LogP contribution in [0.4, 0.5) is 13.2 Å². The fourth-order valence-corrected chi connectivity index (χ4v) is 4.74. The first-order valence-corrected chi connectivity index (χ1v) is 9.78. The van der Waals surface area contributed by atoms with Gasteiger partial charge < -0.3 is 4.42 Å². The molecule has 0 amide bonds. The number of benzene rings is 3. The quantitative estimate of drug-likeness (QED) is 0.475. The number of nitrogens with zero attached hydrogens (tertiary/aromatic N) is 2. The number of rotatable bonds is 4. The van der Waals surface area contributed by atoms with Crippen molar-refractivity contribution < 1.29 is 17.6 Å². The van der Waals surface area contributed by atoms with E-state index in [1.54, 1.807) is 0 Å². The molecule has 0 spiro atoms. The maximum absolute atomic E-state index is 12.8. The molecule has 4 aromatic rings. The molecule has 3 aromatic carbocycles. The van der Waals surface area contributed by atoms with Gasteiger partial charge in [-0.05, 0) is 34.9 Å². The lowest BCUT2D eigenvalue weighted by atomic mass is 10.1. The summed E-state index contributed by atoms with van der Waals surface area (Å²) in [6.45, 7) is 0. The second-order valence-electron chi connectivity index (χ2n) is 5.97. The normalized spacial score (nSPS) is 11.7. The highest BCUT2D eigenvalue weighted by molar-refractivity contribution is 7.79. The van der Waals surface area contributed by atoms with Gasteiger partial charge in [0.2, 0.25) is 11.5 Å². The fourth-order valence-electron chi connectivity index (χ4n) is 2.75. The van der Waals surface area contributed by atoms with Gasteiger partial charge in [-0.1, -0.05) is 60.7 Å². The highest BCUT2D eigenvalue weighted by Crippen LogP contribution is 2.34. The Labute approximate surface area is 160 Å². The Bertz CT molecular complexity index is 1010. The Hall–Kier alpha value is -2.98. The average molecular weight is 398 g/mol. The Balaban J connectivity index is 1.71. The molecule has 140 valence electrons. The number of halogens is 3. The summed E-state index contributed by atoms with van der Waals surface area (Å²) in [7, 11) is -1.06. The van der Waals surface area contributed by atoms with Crippen molar-refractivity contribution in [3.05, 3.63) is 90.5 Å². The summed E-state index contributed by atoms with van der Waals surface area (Å²) in [6, 6.07) is 24.4. The van der Waals surface area contributed by atoms with Gasteiger partial charge in [0.15, 0.2) is 0 Å². The van der Waals surface area contributed by atoms with Gasteiger partial charge in [0.1, 0.15) is 0 Å². The molecule has 0 bridgehead atoms. The van der Waals surface area contributed by atoms with Crippen molar-refractivity contribution in [1.82, 2.24) is 10.2 Å². The van der Waals surface area contributed by atoms with Gasteiger partial charge in [0, 0.05) is 13.5 Å². The van der Waals surface area contributed by atoms with Crippen molar-refractivity contribution in [1.29, 1.82) is 0 Å².